The third-order valence-electron chi connectivity index (χ3n) is 5.23. The lowest BCUT2D eigenvalue weighted by Crippen LogP contribution is -2.41. The Morgan fingerprint density at radius 1 is 1.00 bits per heavy atom. The number of para-hydroxylation sites is 2. The van der Waals surface area contributed by atoms with Crippen molar-refractivity contribution in [2.24, 2.45) is 0 Å². The molecular weight excluding hydrogens is 460 g/mol. The first-order valence-electron chi connectivity index (χ1n) is 10.4. The molecule has 5 rings (SSSR count). The molecule has 34 heavy (non-hydrogen) atoms. The minimum Gasteiger partial charge on any atom is -0.486 e. The number of benzene rings is 3. The SMILES string of the molecule is O=C(Nc1ccccc1F)C1Sc2nnc(COc3ccccc3)n2NC1c1ccc(F)cc1. The van der Waals surface area contributed by atoms with Gasteiger partial charge in [0.25, 0.3) is 0 Å². The summed E-state index contributed by atoms with van der Waals surface area (Å²) in [6.07, 6.45) is 0. The van der Waals surface area contributed by atoms with E-state index in [1.54, 1.807) is 28.9 Å². The van der Waals surface area contributed by atoms with Crippen LogP contribution in [0.2, 0.25) is 0 Å². The van der Waals surface area contributed by atoms with Crippen molar-refractivity contribution in [1.82, 2.24) is 14.9 Å². The van der Waals surface area contributed by atoms with Crippen molar-refractivity contribution >= 4 is 23.4 Å². The number of carbonyl (C=O) groups excluding carboxylic acids is 1. The van der Waals surface area contributed by atoms with Crippen LogP contribution in [0.15, 0.2) is 84.0 Å². The average molecular weight is 480 g/mol. The molecule has 1 amide bonds. The molecule has 0 aliphatic carbocycles. The number of nitrogens with one attached hydrogen (secondary N) is 2. The molecule has 4 aromatic rings. The number of hydrogen-bond acceptors (Lipinski definition) is 6. The van der Waals surface area contributed by atoms with Gasteiger partial charge in [-0.2, -0.15) is 0 Å². The lowest BCUT2D eigenvalue weighted by Gasteiger charge is -2.33. The van der Waals surface area contributed by atoms with Gasteiger partial charge < -0.3 is 15.5 Å². The number of thioether (sulfide) groups is 1. The van der Waals surface area contributed by atoms with Crippen molar-refractivity contribution in [1.29, 1.82) is 0 Å². The van der Waals surface area contributed by atoms with Crippen LogP contribution in [-0.2, 0) is 11.4 Å². The largest absolute Gasteiger partial charge is 0.486 e. The molecule has 0 spiro atoms. The van der Waals surface area contributed by atoms with E-state index in [0.717, 1.165) is 0 Å². The van der Waals surface area contributed by atoms with E-state index in [4.69, 9.17) is 4.74 Å². The van der Waals surface area contributed by atoms with E-state index in [9.17, 15) is 13.6 Å². The number of ether oxygens (including phenoxy) is 1. The van der Waals surface area contributed by atoms with Gasteiger partial charge in [0, 0.05) is 0 Å². The highest BCUT2D eigenvalue weighted by molar-refractivity contribution is 8.00. The van der Waals surface area contributed by atoms with Gasteiger partial charge in [0.05, 0.1) is 11.7 Å². The topological polar surface area (TPSA) is 81.1 Å². The van der Waals surface area contributed by atoms with E-state index in [1.165, 1.54) is 36.0 Å². The molecule has 0 saturated carbocycles. The summed E-state index contributed by atoms with van der Waals surface area (Å²) in [6.45, 7) is 0.146. The number of amides is 1. The second-order valence-corrected chi connectivity index (χ2v) is 8.61. The van der Waals surface area contributed by atoms with Crippen molar-refractivity contribution in [3.05, 3.63) is 102 Å². The maximum Gasteiger partial charge on any atom is 0.240 e. The summed E-state index contributed by atoms with van der Waals surface area (Å²) < 4.78 is 35.2. The van der Waals surface area contributed by atoms with E-state index < -0.39 is 23.0 Å². The first kappa shape index (κ1) is 21.9. The van der Waals surface area contributed by atoms with Crippen LogP contribution >= 0.6 is 11.8 Å². The van der Waals surface area contributed by atoms with E-state index in [1.807, 2.05) is 30.3 Å². The van der Waals surface area contributed by atoms with Gasteiger partial charge in [0.2, 0.25) is 11.1 Å². The summed E-state index contributed by atoms with van der Waals surface area (Å²) in [5.74, 6) is -0.159. The molecule has 0 saturated heterocycles. The number of hydrogen-bond donors (Lipinski definition) is 2. The molecule has 2 N–H and O–H groups in total. The van der Waals surface area contributed by atoms with Crippen LogP contribution < -0.4 is 15.5 Å². The van der Waals surface area contributed by atoms with Crippen LogP contribution in [0.5, 0.6) is 5.75 Å². The molecule has 10 heteroatoms. The standard InChI is InChI=1S/C24H19F2N5O2S/c25-16-12-10-15(11-13-16)21-22(23(32)27-19-9-5-4-8-18(19)26)34-24-29-28-20(31(24)30-21)14-33-17-6-2-1-3-7-17/h1-13,21-22,30H,14H2,(H,27,32). The summed E-state index contributed by atoms with van der Waals surface area (Å²) in [5.41, 5.74) is 4.02. The Morgan fingerprint density at radius 2 is 1.74 bits per heavy atom. The number of carbonyl (C=O) groups is 1. The molecular formula is C24H19F2N5O2S. The van der Waals surface area contributed by atoms with Gasteiger partial charge in [-0.15, -0.1) is 10.2 Å². The van der Waals surface area contributed by atoms with Crippen molar-refractivity contribution in [2.75, 3.05) is 10.7 Å². The first-order chi connectivity index (χ1) is 16.6. The Hall–Kier alpha value is -3.92. The Bertz CT molecular complexity index is 1300. The average Bonchev–Trinajstić information content (AvgIpc) is 3.26. The van der Waals surface area contributed by atoms with Crippen molar-refractivity contribution in [3.8, 4) is 5.75 Å². The summed E-state index contributed by atoms with van der Waals surface area (Å²) in [6, 6.07) is 20.5. The van der Waals surface area contributed by atoms with E-state index in [-0.39, 0.29) is 18.1 Å². The number of rotatable bonds is 6. The molecule has 1 aliphatic heterocycles. The third kappa shape index (κ3) is 4.58. The maximum atomic E-state index is 14.1. The molecule has 2 unspecified atom stereocenters. The quantitative estimate of drug-likeness (QED) is 0.423. The monoisotopic (exact) mass is 479 g/mol. The Labute approximate surface area is 198 Å². The van der Waals surface area contributed by atoms with E-state index in [2.05, 4.69) is 20.9 Å². The Kier molecular flexibility index (Phi) is 6.13. The molecule has 0 bridgehead atoms. The first-order valence-corrected chi connectivity index (χ1v) is 11.3. The van der Waals surface area contributed by atoms with Gasteiger partial charge in [-0.25, -0.2) is 13.5 Å². The Balaban J connectivity index is 1.43. The van der Waals surface area contributed by atoms with E-state index in [0.29, 0.717) is 22.3 Å². The summed E-state index contributed by atoms with van der Waals surface area (Å²) in [5, 5.41) is 10.8. The number of nitrogens with zero attached hydrogens (tertiary/aromatic N) is 3. The molecule has 172 valence electrons. The summed E-state index contributed by atoms with van der Waals surface area (Å²) in [7, 11) is 0. The molecule has 1 aliphatic rings. The van der Waals surface area contributed by atoms with Crippen molar-refractivity contribution in [3.63, 3.8) is 0 Å². The fraction of sp³-hybridized carbons (Fsp3) is 0.125. The highest BCUT2D eigenvalue weighted by Gasteiger charge is 2.38. The molecule has 2 heterocycles. The zero-order valence-corrected chi connectivity index (χ0v) is 18.5. The van der Waals surface area contributed by atoms with E-state index >= 15 is 0 Å². The predicted octanol–water partition coefficient (Wildman–Crippen LogP) is 4.53. The fourth-order valence-corrected chi connectivity index (χ4v) is 4.64. The Morgan fingerprint density at radius 3 is 2.50 bits per heavy atom. The number of fused-ring (bicyclic) bond motifs is 1. The van der Waals surface area contributed by atoms with Gasteiger partial charge in [-0.3, -0.25) is 4.79 Å². The van der Waals surface area contributed by atoms with Gasteiger partial charge >= 0.3 is 0 Å². The van der Waals surface area contributed by atoms with Crippen LogP contribution in [0.25, 0.3) is 0 Å². The fourth-order valence-electron chi connectivity index (χ4n) is 3.54. The number of anilines is 1. The van der Waals surface area contributed by atoms with Crippen LogP contribution in [-0.4, -0.2) is 26.0 Å². The van der Waals surface area contributed by atoms with Crippen molar-refractivity contribution in [2.45, 2.75) is 23.1 Å². The molecule has 0 fully saturated rings. The molecule has 0 radical (unpaired) electrons. The minimum atomic E-state index is -0.732. The smallest absolute Gasteiger partial charge is 0.240 e. The predicted molar refractivity (Wildman–Crippen MR) is 124 cm³/mol. The summed E-state index contributed by atoms with van der Waals surface area (Å²) >= 11 is 1.18. The molecule has 1 aromatic heterocycles. The highest BCUT2D eigenvalue weighted by atomic mass is 32.2. The zero-order chi connectivity index (χ0) is 23.5. The van der Waals surface area contributed by atoms with Gasteiger partial charge in [-0.1, -0.05) is 54.2 Å². The van der Waals surface area contributed by atoms with Crippen LogP contribution in [0.4, 0.5) is 14.5 Å². The minimum absolute atomic E-state index is 0.0787. The molecule has 7 nitrogen and oxygen atoms in total. The lowest BCUT2D eigenvalue weighted by molar-refractivity contribution is -0.116. The summed E-state index contributed by atoms with van der Waals surface area (Å²) in [4.78, 5) is 13.2. The van der Waals surface area contributed by atoms with Crippen LogP contribution in [0.1, 0.15) is 17.4 Å². The van der Waals surface area contributed by atoms with Gasteiger partial charge in [-0.05, 0) is 42.0 Å². The lowest BCUT2D eigenvalue weighted by atomic mass is 10.0. The number of halogens is 2. The van der Waals surface area contributed by atoms with Crippen LogP contribution in [0.3, 0.4) is 0 Å². The third-order valence-corrected chi connectivity index (χ3v) is 6.45. The van der Waals surface area contributed by atoms with Crippen molar-refractivity contribution < 1.29 is 18.3 Å². The second kappa shape index (κ2) is 9.52. The van der Waals surface area contributed by atoms with Gasteiger partial charge in [0.15, 0.2) is 5.82 Å². The normalized spacial score (nSPS) is 16.9. The maximum absolute atomic E-state index is 14.1. The van der Waals surface area contributed by atoms with Crippen LogP contribution in [0, 0.1) is 11.6 Å². The highest BCUT2D eigenvalue weighted by Crippen LogP contribution is 2.38. The zero-order valence-electron chi connectivity index (χ0n) is 17.7. The second-order valence-electron chi connectivity index (χ2n) is 7.50. The molecule has 3 aromatic carbocycles. The van der Waals surface area contributed by atoms with Gasteiger partial charge in [0.1, 0.15) is 29.2 Å². The number of aromatic nitrogens is 3. The molecule has 2 atom stereocenters.